The summed E-state index contributed by atoms with van der Waals surface area (Å²) >= 11 is 0. The summed E-state index contributed by atoms with van der Waals surface area (Å²) < 4.78 is 0. The van der Waals surface area contributed by atoms with Crippen molar-refractivity contribution in [1.29, 1.82) is 0 Å². The van der Waals surface area contributed by atoms with E-state index in [1.165, 1.54) is 35.1 Å². The van der Waals surface area contributed by atoms with Crippen molar-refractivity contribution in [2.24, 2.45) is 0 Å². The fourth-order valence-electron chi connectivity index (χ4n) is 3.37. The largest absolute Gasteiger partial charge is 0.373 e. The summed E-state index contributed by atoms with van der Waals surface area (Å²) in [6, 6.07) is 21.5. The van der Waals surface area contributed by atoms with Crippen molar-refractivity contribution in [1.82, 2.24) is 9.80 Å². The van der Waals surface area contributed by atoms with Gasteiger partial charge in [-0.15, -0.1) is 0 Å². The molecule has 0 aliphatic rings. The Labute approximate surface area is 172 Å². The van der Waals surface area contributed by atoms with Crippen LogP contribution in [0.15, 0.2) is 84.2 Å². The number of benzene rings is 2. The first-order chi connectivity index (χ1) is 13.5. The molecule has 0 aliphatic carbocycles. The number of rotatable bonds is 11. The summed E-state index contributed by atoms with van der Waals surface area (Å²) in [5, 5.41) is 0. The van der Waals surface area contributed by atoms with Crippen LogP contribution < -0.4 is 0 Å². The van der Waals surface area contributed by atoms with E-state index in [2.05, 4.69) is 111 Å². The number of allylic oxidation sites excluding steroid dienone is 2. The van der Waals surface area contributed by atoms with Gasteiger partial charge in [0.1, 0.15) is 0 Å². The Morgan fingerprint density at radius 2 is 0.964 bits per heavy atom. The topological polar surface area (TPSA) is 6.48 Å². The molecule has 0 aliphatic heterocycles. The highest BCUT2D eigenvalue weighted by Gasteiger charge is 2.05. The molecule has 0 bridgehead atoms. The molecule has 2 nitrogen and oxygen atoms in total. The second-order valence-corrected chi connectivity index (χ2v) is 8.03. The monoisotopic (exact) mass is 376 g/mol. The number of hydrogen-bond donors (Lipinski definition) is 0. The van der Waals surface area contributed by atoms with Gasteiger partial charge < -0.3 is 9.80 Å². The van der Waals surface area contributed by atoms with Gasteiger partial charge in [-0.05, 0) is 64.1 Å². The van der Waals surface area contributed by atoms with Crippen molar-refractivity contribution in [3.63, 3.8) is 0 Å². The van der Waals surface area contributed by atoms with E-state index in [1.807, 2.05) is 0 Å². The van der Waals surface area contributed by atoms with E-state index in [4.69, 9.17) is 0 Å². The highest BCUT2D eigenvalue weighted by atomic mass is 15.1. The van der Waals surface area contributed by atoms with Crippen LogP contribution in [0.5, 0.6) is 0 Å². The summed E-state index contributed by atoms with van der Waals surface area (Å²) in [4.78, 5) is 4.90. The first kappa shape index (κ1) is 21.8. The lowest BCUT2D eigenvalue weighted by Gasteiger charge is -2.24. The highest BCUT2D eigenvalue weighted by molar-refractivity contribution is 5.16. The SMILES string of the molecule is CC(C)=CN(CCCCN(C=C(C)C)Cc1ccccc1)Cc1ccccc1. The lowest BCUT2D eigenvalue weighted by atomic mass is 10.2. The molecule has 2 heteroatoms. The van der Waals surface area contributed by atoms with Crippen LogP contribution >= 0.6 is 0 Å². The van der Waals surface area contributed by atoms with Gasteiger partial charge in [0.05, 0.1) is 0 Å². The zero-order valence-electron chi connectivity index (χ0n) is 18.1. The molecule has 2 aromatic carbocycles. The predicted molar refractivity (Wildman–Crippen MR) is 122 cm³/mol. The Morgan fingerprint density at radius 1 is 0.607 bits per heavy atom. The molecule has 0 spiro atoms. The van der Waals surface area contributed by atoms with Crippen molar-refractivity contribution >= 4 is 0 Å². The lowest BCUT2D eigenvalue weighted by Crippen LogP contribution is -2.22. The van der Waals surface area contributed by atoms with Crippen molar-refractivity contribution in [3.8, 4) is 0 Å². The summed E-state index contributed by atoms with van der Waals surface area (Å²) in [6.07, 6.45) is 6.98. The third-order valence-electron chi connectivity index (χ3n) is 4.48. The zero-order valence-corrected chi connectivity index (χ0v) is 18.1. The normalized spacial score (nSPS) is 10.3. The summed E-state index contributed by atoms with van der Waals surface area (Å²) in [7, 11) is 0. The molecule has 0 saturated carbocycles. The van der Waals surface area contributed by atoms with E-state index < -0.39 is 0 Å². The molecule has 2 aromatic rings. The Morgan fingerprint density at radius 3 is 1.29 bits per heavy atom. The van der Waals surface area contributed by atoms with Crippen LogP contribution in [0.1, 0.15) is 51.7 Å². The Balaban J connectivity index is 1.86. The van der Waals surface area contributed by atoms with E-state index in [-0.39, 0.29) is 0 Å². The summed E-state index contributed by atoms with van der Waals surface area (Å²) in [5.74, 6) is 0. The minimum Gasteiger partial charge on any atom is -0.373 e. The van der Waals surface area contributed by atoms with Gasteiger partial charge in [0.15, 0.2) is 0 Å². The molecule has 0 heterocycles. The van der Waals surface area contributed by atoms with Crippen LogP contribution in [0, 0.1) is 0 Å². The van der Waals surface area contributed by atoms with Gasteiger partial charge in [-0.25, -0.2) is 0 Å². The van der Waals surface area contributed by atoms with Crippen LogP contribution in [-0.2, 0) is 13.1 Å². The maximum atomic E-state index is 2.45. The van der Waals surface area contributed by atoms with Gasteiger partial charge in [0.25, 0.3) is 0 Å². The number of hydrogen-bond acceptors (Lipinski definition) is 2. The minimum atomic E-state index is 0.980. The maximum absolute atomic E-state index is 2.45. The van der Waals surface area contributed by atoms with E-state index in [9.17, 15) is 0 Å². The molecular formula is C26H36N2. The number of nitrogens with zero attached hydrogens (tertiary/aromatic N) is 2. The molecule has 0 aromatic heterocycles. The van der Waals surface area contributed by atoms with E-state index in [0.29, 0.717) is 0 Å². The van der Waals surface area contributed by atoms with Crippen LogP contribution in [0.3, 0.4) is 0 Å². The second kappa shape index (κ2) is 12.1. The zero-order chi connectivity index (χ0) is 20.2. The smallest absolute Gasteiger partial charge is 0.0423 e. The van der Waals surface area contributed by atoms with Gasteiger partial charge in [-0.3, -0.25) is 0 Å². The molecule has 0 unspecified atom stereocenters. The van der Waals surface area contributed by atoms with Crippen LogP contribution in [0.25, 0.3) is 0 Å². The molecule has 0 N–H and O–H groups in total. The summed E-state index contributed by atoms with van der Waals surface area (Å²) in [5.41, 5.74) is 5.45. The molecular weight excluding hydrogens is 340 g/mol. The molecule has 2 rings (SSSR count). The van der Waals surface area contributed by atoms with Crippen molar-refractivity contribution < 1.29 is 0 Å². The Kier molecular flexibility index (Phi) is 9.41. The molecule has 28 heavy (non-hydrogen) atoms. The van der Waals surface area contributed by atoms with Crippen molar-refractivity contribution in [3.05, 3.63) is 95.3 Å². The molecule has 0 saturated heterocycles. The quantitative estimate of drug-likeness (QED) is 0.407. The van der Waals surface area contributed by atoms with Gasteiger partial charge in [-0.1, -0.05) is 71.8 Å². The van der Waals surface area contributed by atoms with E-state index >= 15 is 0 Å². The maximum Gasteiger partial charge on any atom is 0.0423 e. The van der Waals surface area contributed by atoms with Gasteiger partial charge in [-0.2, -0.15) is 0 Å². The third kappa shape index (κ3) is 8.94. The van der Waals surface area contributed by atoms with Crippen LogP contribution in [0.2, 0.25) is 0 Å². The Bertz CT molecular complexity index is 658. The Hall–Kier alpha value is -2.48. The number of unbranched alkanes of at least 4 members (excludes halogenated alkanes) is 1. The standard InChI is InChI=1S/C26H36N2/c1-23(2)19-27(21-25-13-7-5-8-14-25)17-11-12-18-28(20-24(3)4)22-26-15-9-6-10-16-26/h5-10,13-16,19-20H,11-12,17-18,21-22H2,1-4H3. The summed E-state index contributed by atoms with van der Waals surface area (Å²) in [6.45, 7) is 12.8. The van der Waals surface area contributed by atoms with Crippen LogP contribution in [0.4, 0.5) is 0 Å². The predicted octanol–water partition coefficient (Wildman–Crippen LogP) is 6.62. The fraction of sp³-hybridized carbons (Fsp3) is 0.385. The van der Waals surface area contributed by atoms with Crippen molar-refractivity contribution in [2.45, 2.75) is 53.6 Å². The molecule has 0 radical (unpaired) electrons. The minimum absolute atomic E-state index is 0.980. The molecule has 0 amide bonds. The third-order valence-corrected chi connectivity index (χ3v) is 4.48. The first-order valence-corrected chi connectivity index (χ1v) is 10.4. The van der Waals surface area contributed by atoms with E-state index in [0.717, 1.165) is 26.2 Å². The van der Waals surface area contributed by atoms with Gasteiger partial charge in [0.2, 0.25) is 0 Å². The van der Waals surface area contributed by atoms with Crippen LogP contribution in [-0.4, -0.2) is 22.9 Å². The highest BCUT2D eigenvalue weighted by Crippen LogP contribution is 2.11. The van der Waals surface area contributed by atoms with Gasteiger partial charge >= 0.3 is 0 Å². The molecule has 150 valence electrons. The average Bonchev–Trinajstić information content (AvgIpc) is 2.65. The average molecular weight is 377 g/mol. The fourth-order valence-corrected chi connectivity index (χ4v) is 3.37. The molecule has 0 atom stereocenters. The lowest BCUT2D eigenvalue weighted by molar-refractivity contribution is 0.320. The molecule has 0 fully saturated rings. The van der Waals surface area contributed by atoms with E-state index in [1.54, 1.807) is 0 Å². The second-order valence-electron chi connectivity index (χ2n) is 8.03. The van der Waals surface area contributed by atoms with Crippen molar-refractivity contribution in [2.75, 3.05) is 13.1 Å². The van der Waals surface area contributed by atoms with Gasteiger partial charge in [0, 0.05) is 26.2 Å². The first-order valence-electron chi connectivity index (χ1n) is 10.4.